The Hall–Kier alpha value is -1.23. The highest BCUT2D eigenvalue weighted by Crippen LogP contribution is 2.18. The lowest BCUT2D eigenvalue weighted by Gasteiger charge is -2.15. The summed E-state index contributed by atoms with van der Waals surface area (Å²) in [7, 11) is 4.12. The highest BCUT2D eigenvalue weighted by Gasteiger charge is 2.04. The van der Waals surface area contributed by atoms with Gasteiger partial charge in [0.05, 0.1) is 0 Å². The monoisotopic (exact) mass is 261 g/mol. The zero-order valence-corrected chi connectivity index (χ0v) is 11.7. The van der Waals surface area contributed by atoms with Gasteiger partial charge in [0.1, 0.15) is 0 Å². The fourth-order valence-electron chi connectivity index (χ4n) is 1.90. The van der Waals surface area contributed by atoms with Crippen molar-refractivity contribution >= 4 is 11.3 Å². The Bertz CT molecular complexity index is 467. The normalized spacial score (nSPS) is 11.1. The SMILES string of the molecule is CNCc1ccc(CN(C)Cc2cccnc2)s1. The number of thiophene rings is 1. The van der Waals surface area contributed by atoms with Gasteiger partial charge < -0.3 is 5.32 Å². The smallest absolute Gasteiger partial charge is 0.0328 e. The van der Waals surface area contributed by atoms with E-state index in [-0.39, 0.29) is 0 Å². The third kappa shape index (κ3) is 3.91. The maximum Gasteiger partial charge on any atom is 0.0328 e. The van der Waals surface area contributed by atoms with Crippen LogP contribution in [0.15, 0.2) is 36.7 Å². The molecule has 0 aliphatic carbocycles. The topological polar surface area (TPSA) is 28.2 Å². The van der Waals surface area contributed by atoms with Gasteiger partial charge in [-0.15, -0.1) is 11.3 Å². The zero-order valence-electron chi connectivity index (χ0n) is 10.9. The van der Waals surface area contributed by atoms with Crippen molar-refractivity contribution in [1.82, 2.24) is 15.2 Å². The molecule has 4 heteroatoms. The van der Waals surface area contributed by atoms with E-state index in [1.54, 1.807) is 0 Å². The van der Waals surface area contributed by atoms with Gasteiger partial charge in [-0.1, -0.05) is 6.07 Å². The molecular formula is C14H19N3S. The van der Waals surface area contributed by atoms with Gasteiger partial charge in [-0.25, -0.2) is 0 Å². The van der Waals surface area contributed by atoms with Crippen molar-refractivity contribution in [2.75, 3.05) is 14.1 Å². The van der Waals surface area contributed by atoms with Crippen LogP contribution in [0, 0.1) is 0 Å². The number of nitrogens with one attached hydrogen (secondary N) is 1. The predicted octanol–water partition coefficient (Wildman–Crippen LogP) is 2.49. The molecule has 0 amide bonds. The molecule has 0 aliphatic rings. The van der Waals surface area contributed by atoms with Crippen molar-refractivity contribution in [1.29, 1.82) is 0 Å². The van der Waals surface area contributed by atoms with E-state index in [9.17, 15) is 0 Å². The quantitative estimate of drug-likeness (QED) is 0.866. The Kier molecular flexibility index (Phi) is 4.87. The Morgan fingerprint density at radius 1 is 1.22 bits per heavy atom. The van der Waals surface area contributed by atoms with E-state index in [2.05, 4.69) is 40.4 Å². The van der Waals surface area contributed by atoms with Crippen LogP contribution in [-0.2, 0) is 19.6 Å². The number of nitrogens with zero attached hydrogens (tertiary/aromatic N) is 2. The largest absolute Gasteiger partial charge is 0.315 e. The van der Waals surface area contributed by atoms with E-state index in [0.29, 0.717) is 0 Å². The minimum Gasteiger partial charge on any atom is -0.315 e. The van der Waals surface area contributed by atoms with Crippen molar-refractivity contribution in [3.05, 3.63) is 52.0 Å². The first-order valence-electron chi connectivity index (χ1n) is 6.07. The van der Waals surface area contributed by atoms with E-state index in [1.165, 1.54) is 15.3 Å². The average molecular weight is 261 g/mol. The molecule has 2 aromatic heterocycles. The molecule has 96 valence electrons. The Balaban J connectivity index is 1.88. The Morgan fingerprint density at radius 3 is 2.78 bits per heavy atom. The second kappa shape index (κ2) is 6.64. The molecule has 0 saturated carbocycles. The summed E-state index contributed by atoms with van der Waals surface area (Å²) in [6.07, 6.45) is 3.74. The highest BCUT2D eigenvalue weighted by molar-refractivity contribution is 7.11. The zero-order chi connectivity index (χ0) is 12.8. The van der Waals surface area contributed by atoms with Crippen LogP contribution in [0.1, 0.15) is 15.3 Å². The molecule has 0 atom stereocenters. The van der Waals surface area contributed by atoms with Crippen LogP contribution in [-0.4, -0.2) is 24.0 Å². The van der Waals surface area contributed by atoms with Gasteiger partial charge in [-0.05, 0) is 37.9 Å². The van der Waals surface area contributed by atoms with Crippen molar-refractivity contribution in [3.63, 3.8) is 0 Å². The second-order valence-electron chi connectivity index (χ2n) is 4.43. The van der Waals surface area contributed by atoms with Gasteiger partial charge in [0.25, 0.3) is 0 Å². The minimum atomic E-state index is 0.938. The van der Waals surface area contributed by atoms with Crippen LogP contribution in [0.5, 0.6) is 0 Å². The van der Waals surface area contributed by atoms with Crippen molar-refractivity contribution in [2.45, 2.75) is 19.6 Å². The molecule has 0 bridgehead atoms. The summed E-state index contributed by atoms with van der Waals surface area (Å²) in [6.45, 7) is 2.88. The minimum absolute atomic E-state index is 0.938. The van der Waals surface area contributed by atoms with E-state index < -0.39 is 0 Å². The van der Waals surface area contributed by atoms with Gasteiger partial charge in [0, 0.05) is 41.8 Å². The number of hydrogen-bond donors (Lipinski definition) is 1. The summed E-state index contributed by atoms with van der Waals surface area (Å²) in [5.41, 5.74) is 1.26. The summed E-state index contributed by atoms with van der Waals surface area (Å²) in [6, 6.07) is 8.52. The van der Waals surface area contributed by atoms with Crippen molar-refractivity contribution < 1.29 is 0 Å². The standard InChI is InChI=1S/C14H19N3S/c1-15-9-13-5-6-14(18-13)11-17(2)10-12-4-3-7-16-8-12/h3-8,15H,9-11H2,1-2H3. The van der Waals surface area contributed by atoms with E-state index in [0.717, 1.165) is 19.6 Å². The van der Waals surface area contributed by atoms with Crippen LogP contribution < -0.4 is 5.32 Å². The predicted molar refractivity (Wildman–Crippen MR) is 76.5 cm³/mol. The maximum absolute atomic E-state index is 4.14. The molecule has 0 unspecified atom stereocenters. The number of hydrogen-bond acceptors (Lipinski definition) is 4. The second-order valence-corrected chi connectivity index (χ2v) is 5.68. The molecule has 18 heavy (non-hydrogen) atoms. The molecule has 1 N–H and O–H groups in total. The van der Waals surface area contributed by atoms with E-state index in [1.807, 2.05) is 36.8 Å². The first-order valence-corrected chi connectivity index (χ1v) is 6.89. The lowest BCUT2D eigenvalue weighted by molar-refractivity contribution is 0.321. The van der Waals surface area contributed by atoms with E-state index >= 15 is 0 Å². The molecule has 0 aromatic carbocycles. The molecule has 2 heterocycles. The van der Waals surface area contributed by atoms with Crippen LogP contribution in [0.2, 0.25) is 0 Å². The molecule has 0 radical (unpaired) electrons. The first kappa shape index (κ1) is 13.2. The van der Waals surface area contributed by atoms with Gasteiger partial charge in [-0.2, -0.15) is 0 Å². The van der Waals surface area contributed by atoms with Crippen molar-refractivity contribution in [2.24, 2.45) is 0 Å². The van der Waals surface area contributed by atoms with Gasteiger partial charge >= 0.3 is 0 Å². The van der Waals surface area contributed by atoms with Crippen LogP contribution in [0.3, 0.4) is 0 Å². The molecular weight excluding hydrogens is 242 g/mol. The summed E-state index contributed by atoms with van der Waals surface area (Å²) >= 11 is 1.88. The molecule has 2 aromatic rings. The third-order valence-corrected chi connectivity index (χ3v) is 3.74. The van der Waals surface area contributed by atoms with Crippen LogP contribution >= 0.6 is 11.3 Å². The van der Waals surface area contributed by atoms with Gasteiger partial charge in [0.2, 0.25) is 0 Å². The molecule has 0 saturated heterocycles. The van der Waals surface area contributed by atoms with Crippen LogP contribution in [0.25, 0.3) is 0 Å². The average Bonchev–Trinajstić information content (AvgIpc) is 2.78. The Morgan fingerprint density at radius 2 is 2.06 bits per heavy atom. The summed E-state index contributed by atoms with van der Waals surface area (Å²) in [5.74, 6) is 0. The number of aromatic nitrogens is 1. The fourth-order valence-corrected chi connectivity index (χ4v) is 3.01. The maximum atomic E-state index is 4.14. The molecule has 0 aliphatic heterocycles. The van der Waals surface area contributed by atoms with Crippen molar-refractivity contribution in [3.8, 4) is 0 Å². The lowest BCUT2D eigenvalue weighted by Crippen LogP contribution is -2.16. The fraction of sp³-hybridized carbons (Fsp3) is 0.357. The highest BCUT2D eigenvalue weighted by atomic mass is 32.1. The van der Waals surface area contributed by atoms with Gasteiger partial charge in [0.15, 0.2) is 0 Å². The molecule has 3 nitrogen and oxygen atoms in total. The third-order valence-electron chi connectivity index (χ3n) is 2.67. The Labute approximate surface area is 112 Å². The number of rotatable bonds is 6. The molecule has 0 fully saturated rings. The van der Waals surface area contributed by atoms with E-state index in [4.69, 9.17) is 0 Å². The summed E-state index contributed by atoms with van der Waals surface area (Å²) in [4.78, 5) is 9.25. The molecule has 2 rings (SSSR count). The first-order chi connectivity index (χ1) is 8.78. The molecule has 0 spiro atoms. The summed E-state index contributed by atoms with van der Waals surface area (Å²) in [5, 5.41) is 3.18. The van der Waals surface area contributed by atoms with Gasteiger partial charge in [-0.3, -0.25) is 9.88 Å². The van der Waals surface area contributed by atoms with Crippen LogP contribution in [0.4, 0.5) is 0 Å². The lowest BCUT2D eigenvalue weighted by atomic mass is 10.2. The number of pyridine rings is 1. The summed E-state index contributed by atoms with van der Waals surface area (Å²) < 4.78 is 0.